The highest BCUT2D eigenvalue weighted by molar-refractivity contribution is 5.94. The molecule has 0 spiro atoms. The van der Waals surface area contributed by atoms with Crippen molar-refractivity contribution in [2.45, 2.75) is 33.1 Å². The van der Waals surface area contributed by atoms with Crippen molar-refractivity contribution in [1.82, 2.24) is 0 Å². The Morgan fingerprint density at radius 1 is 1.33 bits per heavy atom. The van der Waals surface area contributed by atoms with Crippen molar-refractivity contribution >= 4 is 11.9 Å². The minimum Gasteiger partial charge on any atom is -0.481 e. The lowest BCUT2D eigenvalue weighted by Crippen LogP contribution is -2.22. The Hall–Kier alpha value is -1.84. The Balaban J connectivity index is 3.06. The first-order valence-electron chi connectivity index (χ1n) is 6.04. The van der Waals surface area contributed by atoms with Crippen LogP contribution < -0.4 is 0 Å². The summed E-state index contributed by atoms with van der Waals surface area (Å²) in [6.07, 6.45) is 7.83. The standard InChI is InChI=1S/C14H18O4/c1-3-4-5-6-10-7-8-11(13(15)16)9(2)12(10)14(17)18/h6-8,12H,3-5H2,1-2H3,(H,15,16)(H,17,18). The van der Waals surface area contributed by atoms with Crippen LogP contribution in [-0.2, 0) is 9.59 Å². The second-order valence-electron chi connectivity index (χ2n) is 4.35. The zero-order valence-corrected chi connectivity index (χ0v) is 10.6. The van der Waals surface area contributed by atoms with Crippen LogP contribution in [0.2, 0.25) is 0 Å². The van der Waals surface area contributed by atoms with Gasteiger partial charge in [-0.2, -0.15) is 0 Å². The van der Waals surface area contributed by atoms with Crippen molar-refractivity contribution in [3.05, 3.63) is 34.9 Å². The van der Waals surface area contributed by atoms with E-state index in [1.165, 1.54) is 6.08 Å². The third-order valence-corrected chi connectivity index (χ3v) is 3.05. The molecule has 0 aliphatic heterocycles. The monoisotopic (exact) mass is 250 g/mol. The maximum atomic E-state index is 11.3. The molecule has 98 valence electrons. The summed E-state index contributed by atoms with van der Waals surface area (Å²) in [6, 6.07) is 0. The fraction of sp³-hybridized carbons (Fsp3) is 0.429. The summed E-state index contributed by atoms with van der Waals surface area (Å²) in [7, 11) is 0. The second-order valence-corrected chi connectivity index (χ2v) is 4.35. The summed E-state index contributed by atoms with van der Waals surface area (Å²) in [6.45, 7) is 3.64. The molecule has 0 amide bonds. The lowest BCUT2D eigenvalue weighted by atomic mass is 9.83. The highest BCUT2D eigenvalue weighted by Gasteiger charge is 2.29. The predicted molar refractivity (Wildman–Crippen MR) is 68.2 cm³/mol. The number of carbonyl (C=O) groups is 2. The van der Waals surface area contributed by atoms with Crippen LogP contribution in [0.15, 0.2) is 34.9 Å². The van der Waals surface area contributed by atoms with E-state index in [0.29, 0.717) is 11.1 Å². The van der Waals surface area contributed by atoms with Crippen LogP contribution in [0.1, 0.15) is 33.1 Å². The Kier molecular flexibility index (Phi) is 4.89. The van der Waals surface area contributed by atoms with Crippen LogP contribution in [0.25, 0.3) is 0 Å². The quantitative estimate of drug-likeness (QED) is 0.736. The van der Waals surface area contributed by atoms with Gasteiger partial charge < -0.3 is 10.2 Å². The third kappa shape index (κ3) is 3.09. The molecule has 0 aromatic carbocycles. The summed E-state index contributed by atoms with van der Waals surface area (Å²) in [5.74, 6) is -2.92. The molecule has 2 N–H and O–H groups in total. The number of hydrogen-bond donors (Lipinski definition) is 2. The van der Waals surface area contributed by atoms with Crippen molar-refractivity contribution in [3.8, 4) is 0 Å². The topological polar surface area (TPSA) is 74.6 Å². The van der Waals surface area contributed by atoms with Crippen LogP contribution in [0.5, 0.6) is 0 Å². The fourth-order valence-electron chi connectivity index (χ4n) is 2.04. The minimum atomic E-state index is -1.08. The summed E-state index contributed by atoms with van der Waals surface area (Å²) >= 11 is 0. The van der Waals surface area contributed by atoms with Gasteiger partial charge in [-0.25, -0.2) is 4.79 Å². The van der Waals surface area contributed by atoms with E-state index in [0.717, 1.165) is 19.3 Å². The number of hydrogen-bond acceptors (Lipinski definition) is 2. The van der Waals surface area contributed by atoms with Crippen LogP contribution >= 0.6 is 0 Å². The van der Waals surface area contributed by atoms with E-state index in [1.54, 1.807) is 13.0 Å². The summed E-state index contributed by atoms with van der Waals surface area (Å²) in [5, 5.41) is 18.2. The second kappa shape index (κ2) is 6.19. The van der Waals surface area contributed by atoms with Gasteiger partial charge in [0.05, 0.1) is 5.57 Å². The van der Waals surface area contributed by atoms with Gasteiger partial charge in [0.25, 0.3) is 0 Å². The average Bonchev–Trinajstić information content (AvgIpc) is 2.28. The molecule has 0 aromatic rings. The van der Waals surface area contributed by atoms with Gasteiger partial charge in [0.15, 0.2) is 0 Å². The van der Waals surface area contributed by atoms with Gasteiger partial charge in [0, 0.05) is 0 Å². The van der Waals surface area contributed by atoms with E-state index in [9.17, 15) is 14.7 Å². The first-order chi connectivity index (χ1) is 8.49. The number of rotatable bonds is 5. The average molecular weight is 250 g/mol. The summed E-state index contributed by atoms with van der Waals surface area (Å²) < 4.78 is 0. The van der Waals surface area contributed by atoms with Gasteiger partial charge in [-0.15, -0.1) is 0 Å². The van der Waals surface area contributed by atoms with Crippen LogP contribution in [0, 0.1) is 5.92 Å². The van der Waals surface area contributed by atoms with Crippen LogP contribution in [0.4, 0.5) is 0 Å². The Labute approximate surface area is 106 Å². The third-order valence-electron chi connectivity index (χ3n) is 3.05. The SMILES string of the molecule is CCCCC=C1C=CC(C(=O)O)=C(C)C1C(=O)O. The van der Waals surface area contributed by atoms with E-state index in [4.69, 9.17) is 5.11 Å². The number of aliphatic carboxylic acids is 2. The molecule has 1 aliphatic rings. The first-order valence-corrected chi connectivity index (χ1v) is 6.04. The van der Waals surface area contributed by atoms with E-state index in [2.05, 4.69) is 6.92 Å². The van der Waals surface area contributed by atoms with Crippen molar-refractivity contribution in [2.75, 3.05) is 0 Å². The molecule has 1 rings (SSSR count). The smallest absolute Gasteiger partial charge is 0.335 e. The molecule has 1 aliphatic carbocycles. The Bertz CT molecular complexity index is 441. The lowest BCUT2D eigenvalue weighted by molar-refractivity contribution is -0.139. The normalized spacial score (nSPS) is 21.4. The van der Waals surface area contributed by atoms with Crippen molar-refractivity contribution < 1.29 is 19.8 Å². The molecule has 0 saturated carbocycles. The van der Waals surface area contributed by atoms with Crippen molar-refractivity contribution in [1.29, 1.82) is 0 Å². The molecular formula is C14H18O4. The van der Waals surface area contributed by atoms with Gasteiger partial charge in [0.2, 0.25) is 0 Å². The minimum absolute atomic E-state index is 0.0787. The van der Waals surface area contributed by atoms with E-state index >= 15 is 0 Å². The molecule has 1 unspecified atom stereocenters. The molecule has 4 heteroatoms. The number of carboxylic acid groups (broad SMARTS) is 2. The van der Waals surface area contributed by atoms with Gasteiger partial charge in [-0.3, -0.25) is 4.79 Å². The molecule has 1 atom stereocenters. The molecule has 0 heterocycles. The zero-order chi connectivity index (χ0) is 13.7. The molecule has 0 saturated heterocycles. The van der Waals surface area contributed by atoms with Crippen LogP contribution in [0.3, 0.4) is 0 Å². The van der Waals surface area contributed by atoms with E-state index in [-0.39, 0.29) is 5.57 Å². The molecular weight excluding hydrogens is 232 g/mol. The Morgan fingerprint density at radius 2 is 2.00 bits per heavy atom. The first kappa shape index (κ1) is 14.2. The van der Waals surface area contributed by atoms with E-state index < -0.39 is 17.9 Å². The molecule has 0 radical (unpaired) electrons. The summed E-state index contributed by atoms with van der Waals surface area (Å²) in [4.78, 5) is 22.3. The largest absolute Gasteiger partial charge is 0.481 e. The molecule has 0 bridgehead atoms. The maximum Gasteiger partial charge on any atom is 0.335 e. The molecule has 18 heavy (non-hydrogen) atoms. The molecule has 0 aromatic heterocycles. The number of carboxylic acids is 2. The molecule has 0 fully saturated rings. The van der Waals surface area contributed by atoms with Crippen molar-refractivity contribution in [2.24, 2.45) is 5.92 Å². The zero-order valence-electron chi connectivity index (χ0n) is 10.6. The summed E-state index contributed by atoms with van der Waals surface area (Å²) in [5.41, 5.74) is 1.15. The van der Waals surface area contributed by atoms with Crippen LogP contribution in [-0.4, -0.2) is 22.2 Å². The van der Waals surface area contributed by atoms with Gasteiger partial charge in [-0.1, -0.05) is 31.9 Å². The highest BCUT2D eigenvalue weighted by atomic mass is 16.4. The van der Waals surface area contributed by atoms with Gasteiger partial charge in [-0.05, 0) is 30.6 Å². The van der Waals surface area contributed by atoms with Crippen molar-refractivity contribution in [3.63, 3.8) is 0 Å². The molecule has 4 nitrogen and oxygen atoms in total. The Morgan fingerprint density at radius 3 is 2.50 bits per heavy atom. The number of allylic oxidation sites excluding steroid dienone is 2. The van der Waals surface area contributed by atoms with Gasteiger partial charge in [0.1, 0.15) is 5.92 Å². The van der Waals surface area contributed by atoms with Gasteiger partial charge >= 0.3 is 11.9 Å². The fourth-order valence-corrected chi connectivity index (χ4v) is 2.04. The van der Waals surface area contributed by atoms with E-state index in [1.807, 2.05) is 6.08 Å². The predicted octanol–water partition coefficient (Wildman–Crippen LogP) is 2.77. The lowest BCUT2D eigenvalue weighted by Gasteiger charge is -2.20. The highest BCUT2D eigenvalue weighted by Crippen LogP contribution is 2.30. The number of unbranched alkanes of at least 4 members (excludes halogenated alkanes) is 2. The maximum absolute atomic E-state index is 11.3.